The molecule has 0 unspecified atom stereocenters. The van der Waals surface area contributed by atoms with Crippen LogP contribution in [0.2, 0.25) is 0 Å². The molecule has 0 saturated carbocycles. The predicted molar refractivity (Wildman–Crippen MR) is 36.9 cm³/mol. The summed E-state index contributed by atoms with van der Waals surface area (Å²) in [6, 6.07) is 4.72. The normalized spacial score (nSPS) is 9.55. The van der Waals surface area contributed by atoms with Crippen molar-refractivity contribution in [3.05, 3.63) is 29.6 Å². The first-order chi connectivity index (χ1) is 5.34. The Labute approximate surface area is 63.6 Å². The molecular formula is C7H8FNO2. The molecule has 0 spiro atoms. The van der Waals surface area contributed by atoms with Gasteiger partial charge < -0.3 is 9.94 Å². The lowest BCUT2D eigenvalue weighted by atomic mass is 10.5. The number of halogens is 1. The molecule has 0 aromatic carbocycles. The first-order valence-corrected chi connectivity index (χ1v) is 3.21. The van der Waals surface area contributed by atoms with Crippen molar-refractivity contribution in [3.8, 4) is 5.88 Å². The van der Waals surface area contributed by atoms with Crippen LogP contribution in [0.1, 0.15) is 0 Å². The van der Waals surface area contributed by atoms with Crippen LogP contribution in [-0.4, -0.2) is 13.3 Å². The van der Waals surface area contributed by atoms with Crippen molar-refractivity contribution in [2.75, 3.05) is 13.3 Å². The lowest BCUT2D eigenvalue weighted by molar-refractivity contribution is -0.612. The van der Waals surface area contributed by atoms with Crippen LogP contribution in [0.15, 0.2) is 24.4 Å². The monoisotopic (exact) mass is 157 g/mol. The summed E-state index contributed by atoms with van der Waals surface area (Å²) in [5.74, 6) is 0.130. The van der Waals surface area contributed by atoms with Crippen LogP contribution >= 0.6 is 0 Å². The number of nitrogens with zero attached hydrogens (tertiary/aromatic N) is 1. The first-order valence-electron chi connectivity index (χ1n) is 3.21. The number of alkyl halides is 1. The zero-order valence-corrected chi connectivity index (χ0v) is 5.87. The highest BCUT2D eigenvalue weighted by Crippen LogP contribution is 1.99. The lowest BCUT2D eigenvalue weighted by Crippen LogP contribution is -2.28. The fourth-order valence-electron chi connectivity index (χ4n) is 0.668. The van der Waals surface area contributed by atoms with Gasteiger partial charge in [-0.25, -0.2) is 4.39 Å². The van der Waals surface area contributed by atoms with Crippen molar-refractivity contribution < 1.29 is 13.9 Å². The lowest BCUT2D eigenvalue weighted by Gasteiger charge is -2.02. The van der Waals surface area contributed by atoms with Gasteiger partial charge in [0.25, 0.3) is 0 Å². The maximum Gasteiger partial charge on any atom is 0.379 e. The molecule has 11 heavy (non-hydrogen) atoms. The van der Waals surface area contributed by atoms with E-state index in [4.69, 9.17) is 4.74 Å². The number of ether oxygens (including phenoxy) is 1. The maximum absolute atomic E-state index is 11.6. The molecule has 0 aliphatic heterocycles. The second-order valence-corrected chi connectivity index (χ2v) is 1.90. The van der Waals surface area contributed by atoms with Crippen LogP contribution in [0, 0.1) is 5.21 Å². The molecule has 0 atom stereocenters. The van der Waals surface area contributed by atoms with Gasteiger partial charge in [-0.05, 0) is 6.07 Å². The Morgan fingerprint density at radius 2 is 2.36 bits per heavy atom. The molecule has 3 nitrogen and oxygen atoms in total. The maximum atomic E-state index is 11.6. The van der Waals surface area contributed by atoms with E-state index in [-0.39, 0.29) is 12.5 Å². The zero-order valence-electron chi connectivity index (χ0n) is 5.87. The van der Waals surface area contributed by atoms with E-state index in [9.17, 15) is 9.60 Å². The Kier molecular flexibility index (Phi) is 2.66. The smallest absolute Gasteiger partial charge is 0.379 e. The standard InChI is InChI=1S/C7H8FNO2/c8-4-6-11-7-3-1-2-5-9(7)10/h1-3,5H,4,6H2. The summed E-state index contributed by atoms with van der Waals surface area (Å²) in [5, 5.41) is 10.8. The molecule has 0 aliphatic rings. The molecule has 1 rings (SSSR count). The molecule has 0 radical (unpaired) electrons. The highest BCUT2D eigenvalue weighted by Gasteiger charge is 2.01. The molecule has 0 N–H and O–H groups in total. The van der Waals surface area contributed by atoms with Crippen molar-refractivity contribution in [2.45, 2.75) is 0 Å². The van der Waals surface area contributed by atoms with Gasteiger partial charge in [-0.15, -0.1) is 4.73 Å². The Bertz CT molecular complexity index is 229. The largest absolute Gasteiger partial charge is 0.616 e. The average Bonchev–Trinajstić information content (AvgIpc) is 2.03. The van der Waals surface area contributed by atoms with E-state index in [2.05, 4.69) is 0 Å². The molecule has 0 aliphatic carbocycles. The average molecular weight is 157 g/mol. The SMILES string of the molecule is [O-][n+]1ccccc1OCCF. The van der Waals surface area contributed by atoms with Gasteiger partial charge in [-0.1, -0.05) is 0 Å². The van der Waals surface area contributed by atoms with Gasteiger partial charge in [0.05, 0.1) is 6.07 Å². The van der Waals surface area contributed by atoms with Crippen LogP contribution in [0.25, 0.3) is 0 Å². The second kappa shape index (κ2) is 3.75. The summed E-state index contributed by atoms with van der Waals surface area (Å²) < 4.78 is 16.9. The van der Waals surface area contributed by atoms with Gasteiger partial charge in [-0.2, -0.15) is 0 Å². The van der Waals surface area contributed by atoms with E-state index in [1.54, 1.807) is 12.1 Å². The molecule has 0 bridgehead atoms. The molecular weight excluding hydrogens is 149 g/mol. The quantitative estimate of drug-likeness (QED) is 0.477. The second-order valence-electron chi connectivity index (χ2n) is 1.90. The van der Waals surface area contributed by atoms with Crippen molar-refractivity contribution in [1.82, 2.24) is 0 Å². The van der Waals surface area contributed by atoms with Gasteiger partial charge in [0.2, 0.25) is 0 Å². The van der Waals surface area contributed by atoms with Crippen molar-refractivity contribution in [1.29, 1.82) is 0 Å². The van der Waals surface area contributed by atoms with Gasteiger partial charge in [0.15, 0.2) is 6.20 Å². The molecule has 1 aromatic rings. The van der Waals surface area contributed by atoms with E-state index in [0.29, 0.717) is 4.73 Å². The third-order valence-corrected chi connectivity index (χ3v) is 1.12. The van der Waals surface area contributed by atoms with Gasteiger partial charge in [-0.3, -0.25) is 0 Å². The van der Waals surface area contributed by atoms with Crippen LogP contribution in [-0.2, 0) is 0 Å². The van der Waals surface area contributed by atoms with Gasteiger partial charge in [0.1, 0.15) is 13.3 Å². The molecule has 60 valence electrons. The summed E-state index contributed by atoms with van der Waals surface area (Å²) in [6.07, 6.45) is 1.30. The molecule has 1 aromatic heterocycles. The highest BCUT2D eigenvalue weighted by atomic mass is 19.1. The van der Waals surface area contributed by atoms with E-state index >= 15 is 0 Å². The van der Waals surface area contributed by atoms with E-state index in [1.807, 2.05) is 0 Å². The minimum absolute atomic E-state index is 0.0771. The molecule has 1 heterocycles. The van der Waals surface area contributed by atoms with Crippen molar-refractivity contribution in [2.24, 2.45) is 0 Å². The predicted octanol–water partition coefficient (Wildman–Crippen LogP) is 0.668. The number of hydrogen-bond acceptors (Lipinski definition) is 2. The molecule has 0 saturated heterocycles. The third kappa shape index (κ3) is 2.07. The number of hydrogen-bond donors (Lipinski definition) is 0. The van der Waals surface area contributed by atoms with Crippen molar-refractivity contribution in [3.63, 3.8) is 0 Å². The topological polar surface area (TPSA) is 36.2 Å². The van der Waals surface area contributed by atoms with Gasteiger partial charge in [0, 0.05) is 6.07 Å². The summed E-state index contributed by atoms with van der Waals surface area (Å²) >= 11 is 0. The van der Waals surface area contributed by atoms with Gasteiger partial charge >= 0.3 is 5.88 Å². The Hall–Kier alpha value is -1.32. The minimum atomic E-state index is -0.588. The fourth-order valence-corrected chi connectivity index (χ4v) is 0.668. The molecule has 0 fully saturated rings. The van der Waals surface area contributed by atoms with E-state index in [0.717, 1.165) is 0 Å². The van der Waals surface area contributed by atoms with Crippen molar-refractivity contribution >= 4 is 0 Å². The summed E-state index contributed by atoms with van der Waals surface area (Å²) in [4.78, 5) is 0. The van der Waals surface area contributed by atoms with Crippen LogP contribution in [0.5, 0.6) is 5.88 Å². The van der Waals surface area contributed by atoms with E-state index < -0.39 is 6.67 Å². The fraction of sp³-hybridized carbons (Fsp3) is 0.286. The third-order valence-electron chi connectivity index (χ3n) is 1.12. The Balaban J connectivity index is 2.62. The highest BCUT2D eigenvalue weighted by molar-refractivity contribution is 5.02. The minimum Gasteiger partial charge on any atom is -0.616 e. The summed E-state index contributed by atoms with van der Waals surface area (Å²) in [5.41, 5.74) is 0. The number of pyridine rings is 1. The van der Waals surface area contributed by atoms with Crippen LogP contribution in [0.3, 0.4) is 0 Å². The molecule has 4 heteroatoms. The Morgan fingerprint density at radius 3 is 3.00 bits per heavy atom. The number of aromatic nitrogens is 1. The number of rotatable bonds is 3. The Morgan fingerprint density at radius 1 is 1.55 bits per heavy atom. The van der Waals surface area contributed by atoms with Crippen LogP contribution in [0.4, 0.5) is 4.39 Å². The first kappa shape index (κ1) is 7.78. The molecule has 0 amide bonds. The van der Waals surface area contributed by atoms with Crippen LogP contribution < -0.4 is 9.47 Å². The van der Waals surface area contributed by atoms with E-state index in [1.165, 1.54) is 12.3 Å². The summed E-state index contributed by atoms with van der Waals surface area (Å²) in [7, 11) is 0. The zero-order chi connectivity index (χ0) is 8.10. The summed E-state index contributed by atoms with van der Waals surface area (Å²) in [6.45, 7) is -0.666.